The molecular formula is C28H45NO2. The van der Waals surface area contributed by atoms with Crippen molar-refractivity contribution in [1.82, 2.24) is 4.90 Å². The van der Waals surface area contributed by atoms with Crippen LogP contribution in [0.4, 0.5) is 0 Å². The molecule has 4 aliphatic rings. The van der Waals surface area contributed by atoms with Crippen molar-refractivity contribution in [3.8, 4) is 0 Å². The van der Waals surface area contributed by atoms with Crippen LogP contribution < -0.4 is 0 Å². The van der Waals surface area contributed by atoms with Crippen molar-refractivity contribution in [2.45, 2.75) is 103 Å². The van der Waals surface area contributed by atoms with E-state index in [9.17, 15) is 10.2 Å². The number of aliphatic hydroxyl groups is 2. The third kappa shape index (κ3) is 4.75. The Bertz CT molecular complexity index is 709. The van der Waals surface area contributed by atoms with Gasteiger partial charge in [0.25, 0.3) is 0 Å². The van der Waals surface area contributed by atoms with E-state index in [1.54, 1.807) is 5.57 Å². The predicted molar refractivity (Wildman–Crippen MR) is 129 cm³/mol. The Kier molecular flexibility index (Phi) is 7.15. The van der Waals surface area contributed by atoms with Gasteiger partial charge in [-0.15, -0.1) is 0 Å². The van der Waals surface area contributed by atoms with E-state index >= 15 is 0 Å². The van der Waals surface area contributed by atoms with Crippen LogP contribution in [0.5, 0.6) is 0 Å². The lowest BCUT2D eigenvalue weighted by molar-refractivity contribution is 0.0598. The normalized spacial score (nSPS) is 42.0. The molecule has 3 aliphatic carbocycles. The van der Waals surface area contributed by atoms with Crippen molar-refractivity contribution in [3.63, 3.8) is 0 Å². The summed E-state index contributed by atoms with van der Waals surface area (Å²) in [6.07, 6.45) is 15.4. The lowest BCUT2D eigenvalue weighted by Crippen LogP contribution is -2.44. The Morgan fingerprint density at radius 3 is 2.55 bits per heavy atom. The van der Waals surface area contributed by atoms with Crippen molar-refractivity contribution in [2.75, 3.05) is 13.1 Å². The summed E-state index contributed by atoms with van der Waals surface area (Å²) in [6, 6.07) is 0.756. The number of rotatable bonds is 4. The molecule has 0 spiro atoms. The van der Waals surface area contributed by atoms with Crippen molar-refractivity contribution in [1.29, 1.82) is 0 Å². The molecule has 3 saturated carbocycles. The van der Waals surface area contributed by atoms with E-state index in [-0.39, 0.29) is 0 Å². The zero-order chi connectivity index (χ0) is 22.2. The van der Waals surface area contributed by atoms with Crippen LogP contribution in [0, 0.1) is 23.2 Å². The molecule has 0 bridgehead atoms. The maximum absolute atomic E-state index is 10.2. The smallest absolute Gasteiger partial charge is 0.0809 e. The van der Waals surface area contributed by atoms with Crippen LogP contribution in [-0.4, -0.2) is 46.5 Å². The molecule has 3 nitrogen and oxygen atoms in total. The molecule has 31 heavy (non-hydrogen) atoms. The van der Waals surface area contributed by atoms with Gasteiger partial charge in [0.15, 0.2) is 0 Å². The van der Waals surface area contributed by atoms with Crippen LogP contribution in [-0.2, 0) is 0 Å². The summed E-state index contributed by atoms with van der Waals surface area (Å²) in [5.41, 5.74) is 3.79. The Balaban J connectivity index is 1.45. The minimum Gasteiger partial charge on any atom is -0.388 e. The van der Waals surface area contributed by atoms with Gasteiger partial charge in [0.2, 0.25) is 0 Å². The first-order valence-corrected chi connectivity index (χ1v) is 13.0. The number of hydrogen-bond acceptors (Lipinski definition) is 3. The Morgan fingerprint density at radius 1 is 1.10 bits per heavy atom. The van der Waals surface area contributed by atoms with Gasteiger partial charge in [-0.3, -0.25) is 0 Å². The topological polar surface area (TPSA) is 43.7 Å². The number of piperidine rings is 1. The molecule has 0 radical (unpaired) electrons. The molecular weight excluding hydrogens is 382 g/mol. The summed E-state index contributed by atoms with van der Waals surface area (Å²) in [4.78, 5) is 2.77. The van der Waals surface area contributed by atoms with Gasteiger partial charge in [-0.05, 0) is 100.0 Å². The van der Waals surface area contributed by atoms with E-state index in [4.69, 9.17) is 0 Å². The largest absolute Gasteiger partial charge is 0.388 e. The van der Waals surface area contributed by atoms with E-state index in [1.165, 1.54) is 64.5 Å². The summed E-state index contributed by atoms with van der Waals surface area (Å²) in [7, 11) is 0. The van der Waals surface area contributed by atoms with Gasteiger partial charge in [-0.2, -0.15) is 0 Å². The first-order chi connectivity index (χ1) is 14.8. The molecule has 1 saturated heterocycles. The van der Waals surface area contributed by atoms with Crippen LogP contribution in [0.25, 0.3) is 0 Å². The van der Waals surface area contributed by atoms with Crippen LogP contribution >= 0.6 is 0 Å². The quantitative estimate of drug-likeness (QED) is 0.571. The third-order valence-electron chi connectivity index (χ3n) is 9.49. The molecule has 4 rings (SSSR count). The highest BCUT2D eigenvalue weighted by Gasteiger charge is 2.50. The fraction of sp³-hybridized carbons (Fsp3) is 0.786. The first kappa shape index (κ1) is 23.3. The number of allylic oxidation sites excluding steroid dienone is 3. The van der Waals surface area contributed by atoms with Gasteiger partial charge in [0.05, 0.1) is 12.2 Å². The second kappa shape index (κ2) is 9.53. The standard InChI is InChI=1S/C28H45NO2/c1-19(18-29-15-6-5-8-20(29)2)24-12-13-25-23(9-7-14-28(24,25)4)11-10-22-16-26(30)21(3)27(31)17-22/h10-11,19-20,24-27,30-31H,3,5-9,12-18H2,1-2,4H3/b23-11+/t19?,20-,24-,25+,26-,27-,28-/m1/s1. The summed E-state index contributed by atoms with van der Waals surface area (Å²) < 4.78 is 0. The Labute approximate surface area is 190 Å². The first-order valence-electron chi connectivity index (χ1n) is 13.0. The Morgan fingerprint density at radius 2 is 1.84 bits per heavy atom. The zero-order valence-corrected chi connectivity index (χ0v) is 20.2. The van der Waals surface area contributed by atoms with Crippen LogP contribution in [0.3, 0.4) is 0 Å². The van der Waals surface area contributed by atoms with Gasteiger partial charge in [0.1, 0.15) is 0 Å². The maximum atomic E-state index is 10.2. The van der Waals surface area contributed by atoms with Gasteiger partial charge < -0.3 is 15.1 Å². The molecule has 0 aromatic heterocycles. The van der Waals surface area contributed by atoms with Gasteiger partial charge in [-0.1, -0.05) is 50.1 Å². The fourth-order valence-electron chi connectivity index (χ4n) is 7.57. The number of nitrogens with zero attached hydrogens (tertiary/aromatic N) is 1. The van der Waals surface area contributed by atoms with E-state index in [1.807, 2.05) is 0 Å². The van der Waals surface area contributed by atoms with Crippen LogP contribution in [0.1, 0.15) is 85.0 Å². The average Bonchev–Trinajstić information content (AvgIpc) is 3.09. The van der Waals surface area contributed by atoms with E-state index in [0.717, 1.165) is 23.5 Å². The fourth-order valence-corrected chi connectivity index (χ4v) is 7.57. The van der Waals surface area contributed by atoms with Crippen LogP contribution in [0.2, 0.25) is 0 Å². The van der Waals surface area contributed by atoms with E-state index < -0.39 is 12.2 Å². The molecule has 1 unspecified atom stereocenters. The van der Waals surface area contributed by atoms with E-state index in [2.05, 4.69) is 44.4 Å². The van der Waals surface area contributed by atoms with Crippen LogP contribution in [0.15, 0.2) is 35.5 Å². The van der Waals surface area contributed by atoms with Crippen molar-refractivity contribution in [3.05, 3.63) is 35.5 Å². The molecule has 0 amide bonds. The highest BCUT2D eigenvalue weighted by Crippen LogP contribution is 2.59. The highest BCUT2D eigenvalue weighted by molar-refractivity contribution is 5.29. The molecule has 1 heterocycles. The summed E-state index contributed by atoms with van der Waals surface area (Å²) in [6.45, 7) is 13.9. The Hall–Kier alpha value is -0.900. The summed E-state index contributed by atoms with van der Waals surface area (Å²) in [5.74, 6) is 2.30. The van der Waals surface area contributed by atoms with Crippen molar-refractivity contribution < 1.29 is 10.2 Å². The third-order valence-corrected chi connectivity index (χ3v) is 9.49. The monoisotopic (exact) mass is 427 g/mol. The van der Waals surface area contributed by atoms with Crippen molar-refractivity contribution >= 4 is 0 Å². The average molecular weight is 428 g/mol. The number of aliphatic hydroxyl groups excluding tert-OH is 2. The maximum Gasteiger partial charge on any atom is 0.0809 e. The summed E-state index contributed by atoms with van der Waals surface area (Å²) >= 11 is 0. The molecule has 0 aromatic rings. The second-order valence-corrected chi connectivity index (χ2v) is 11.5. The minimum atomic E-state index is -0.598. The number of hydrogen-bond donors (Lipinski definition) is 2. The molecule has 3 heteroatoms. The lowest BCUT2D eigenvalue weighted by atomic mass is 9.61. The highest BCUT2D eigenvalue weighted by atomic mass is 16.3. The molecule has 4 fully saturated rings. The minimum absolute atomic E-state index is 0.431. The molecule has 2 N–H and O–H groups in total. The lowest BCUT2D eigenvalue weighted by Gasteiger charge is -2.46. The summed E-state index contributed by atoms with van der Waals surface area (Å²) in [5, 5.41) is 20.3. The molecule has 0 aromatic carbocycles. The van der Waals surface area contributed by atoms with Gasteiger partial charge >= 0.3 is 0 Å². The molecule has 1 aliphatic heterocycles. The zero-order valence-electron chi connectivity index (χ0n) is 20.2. The second-order valence-electron chi connectivity index (χ2n) is 11.5. The molecule has 7 atom stereocenters. The van der Waals surface area contributed by atoms with Gasteiger partial charge in [-0.25, -0.2) is 0 Å². The SMILES string of the molecule is C=C1[C@H](O)CC(=C/C=C2\CCC[C@]3(C)[C@@H](C(C)CN4CCCC[C@H]4C)CC[C@@H]23)C[C@H]1O. The van der Waals surface area contributed by atoms with Crippen molar-refractivity contribution in [2.24, 2.45) is 23.2 Å². The van der Waals surface area contributed by atoms with Gasteiger partial charge in [0, 0.05) is 12.6 Å². The number of fused-ring (bicyclic) bond motifs is 1. The number of likely N-dealkylation sites (tertiary alicyclic amines) is 1. The van der Waals surface area contributed by atoms with E-state index in [0.29, 0.717) is 29.7 Å². The predicted octanol–water partition coefficient (Wildman–Crippen LogP) is 5.64. The molecule has 174 valence electrons.